The smallest absolute Gasteiger partial charge is 0.245 e. The predicted octanol–water partition coefficient (Wildman–Crippen LogP) is 1.14. The third kappa shape index (κ3) is 1.50. The molecule has 0 aliphatic rings. The van der Waals surface area contributed by atoms with Crippen molar-refractivity contribution in [3.63, 3.8) is 0 Å². The number of halogens is 3. The van der Waals surface area contributed by atoms with Crippen LogP contribution < -0.4 is 0 Å². The number of aromatic nitrogens is 3. The Balaban J connectivity index is 3.13. The second kappa shape index (κ2) is 2.21. The van der Waals surface area contributed by atoms with E-state index < -0.39 is 12.0 Å². The minimum atomic E-state index is -4.41. The Bertz CT molecular complexity index is 262. The van der Waals surface area contributed by atoms with Crippen molar-refractivity contribution >= 4 is 0 Å². The van der Waals surface area contributed by atoms with Crippen molar-refractivity contribution in [2.75, 3.05) is 0 Å². The van der Waals surface area contributed by atoms with Gasteiger partial charge < -0.3 is 0 Å². The van der Waals surface area contributed by atoms with E-state index in [0.29, 0.717) is 0 Å². The van der Waals surface area contributed by atoms with E-state index in [-0.39, 0.29) is 5.82 Å². The minimum absolute atomic E-state index is 0.125. The molecule has 0 radical (unpaired) electrons. The van der Waals surface area contributed by atoms with E-state index in [1.54, 1.807) is 0 Å². The van der Waals surface area contributed by atoms with Gasteiger partial charge in [0.05, 0.1) is 0 Å². The summed E-state index contributed by atoms with van der Waals surface area (Å²) in [5.74, 6) is -0.838. The highest BCUT2D eigenvalue weighted by molar-refractivity contribution is 4.94. The second-order valence-corrected chi connectivity index (χ2v) is 2.10. The second-order valence-electron chi connectivity index (χ2n) is 2.10. The van der Waals surface area contributed by atoms with Gasteiger partial charge in [-0.05, 0) is 6.92 Å². The molecule has 6 heteroatoms. The third-order valence-electron chi connectivity index (χ3n) is 1.12. The fraction of sp³-hybridized carbons (Fsp3) is 0.600. The van der Waals surface area contributed by atoms with Crippen LogP contribution in [0.5, 0.6) is 0 Å². The molecule has 3 nitrogen and oxygen atoms in total. The van der Waals surface area contributed by atoms with E-state index in [1.807, 2.05) is 0 Å². The van der Waals surface area contributed by atoms with Crippen LogP contribution in [0.1, 0.15) is 11.6 Å². The van der Waals surface area contributed by atoms with Gasteiger partial charge in [-0.2, -0.15) is 18.3 Å². The van der Waals surface area contributed by atoms with Gasteiger partial charge in [0.2, 0.25) is 5.82 Å². The number of hydrogen-bond acceptors (Lipinski definition) is 2. The van der Waals surface area contributed by atoms with E-state index in [1.165, 1.54) is 14.0 Å². The summed E-state index contributed by atoms with van der Waals surface area (Å²) >= 11 is 0. The molecule has 11 heavy (non-hydrogen) atoms. The fourth-order valence-corrected chi connectivity index (χ4v) is 0.759. The first kappa shape index (κ1) is 8.03. The van der Waals surface area contributed by atoms with Crippen LogP contribution in [0.2, 0.25) is 0 Å². The van der Waals surface area contributed by atoms with Crippen LogP contribution in [-0.4, -0.2) is 14.8 Å². The van der Waals surface area contributed by atoms with Gasteiger partial charge >= 0.3 is 6.18 Å². The molecular formula is C5H6F3N3. The number of aryl methyl sites for hydroxylation is 2. The maximum atomic E-state index is 11.9. The largest absolute Gasteiger partial charge is 0.451 e. The van der Waals surface area contributed by atoms with Crippen molar-refractivity contribution in [3.8, 4) is 0 Å². The lowest BCUT2D eigenvalue weighted by atomic mass is 10.6. The van der Waals surface area contributed by atoms with Crippen molar-refractivity contribution in [3.05, 3.63) is 11.6 Å². The molecular weight excluding hydrogens is 159 g/mol. The van der Waals surface area contributed by atoms with Gasteiger partial charge in [-0.25, -0.2) is 9.67 Å². The van der Waals surface area contributed by atoms with E-state index in [4.69, 9.17) is 0 Å². The Morgan fingerprint density at radius 3 is 2.09 bits per heavy atom. The quantitative estimate of drug-likeness (QED) is 0.577. The molecule has 0 bridgehead atoms. The summed E-state index contributed by atoms with van der Waals surface area (Å²) in [6.07, 6.45) is -4.41. The van der Waals surface area contributed by atoms with Gasteiger partial charge in [-0.1, -0.05) is 0 Å². The van der Waals surface area contributed by atoms with Crippen LogP contribution in [0.3, 0.4) is 0 Å². The topological polar surface area (TPSA) is 30.7 Å². The SMILES string of the molecule is Cc1nc(C(F)(F)F)n(C)n1. The molecule has 1 heterocycles. The maximum absolute atomic E-state index is 11.9. The summed E-state index contributed by atoms with van der Waals surface area (Å²) in [6.45, 7) is 1.41. The molecule has 0 aliphatic carbocycles. The lowest BCUT2D eigenvalue weighted by molar-refractivity contribution is -0.147. The van der Waals surface area contributed by atoms with Crippen molar-refractivity contribution in [2.45, 2.75) is 13.1 Å². The normalized spacial score (nSPS) is 12.1. The highest BCUT2D eigenvalue weighted by atomic mass is 19.4. The number of nitrogens with zero attached hydrogens (tertiary/aromatic N) is 3. The zero-order valence-corrected chi connectivity index (χ0v) is 5.98. The molecule has 0 unspecified atom stereocenters. The van der Waals surface area contributed by atoms with E-state index >= 15 is 0 Å². The molecule has 1 aromatic heterocycles. The molecule has 0 saturated carbocycles. The van der Waals surface area contributed by atoms with Crippen molar-refractivity contribution in [2.24, 2.45) is 7.05 Å². The Labute approximate surface area is 60.8 Å². The van der Waals surface area contributed by atoms with E-state index in [2.05, 4.69) is 10.1 Å². The molecule has 0 aromatic carbocycles. The van der Waals surface area contributed by atoms with Gasteiger partial charge in [0.1, 0.15) is 5.82 Å². The molecule has 0 atom stereocenters. The van der Waals surface area contributed by atoms with Crippen molar-refractivity contribution < 1.29 is 13.2 Å². The summed E-state index contributed by atoms with van der Waals surface area (Å²) in [7, 11) is 1.21. The van der Waals surface area contributed by atoms with Gasteiger partial charge in [0.15, 0.2) is 0 Å². The number of alkyl halides is 3. The fourth-order valence-electron chi connectivity index (χ4n) is 0.759. The van der Waals surface area contributed by atoms with Crippen molar-refractivity contribution in [1.29, 1.82) is 0 Å². The minimum Gasteiger partial charge on any atom is -0.245 e. The summed E-state index contributed by atoms with van der Waals surface area (Å²) < 4.78 is 36.5. The first-order chi connectivity index (χ1) is 4.91. The Morgan fingerprint density at radius 2 is 1.91 bits per heavy atom. The van der Waals surface area contributed by atoms with Gasteiger partial charge in [0.25, 0.3) is 0 Å². The number of rotatable bonds is 0. The first-order valence-corrected chi connectivity index (χ1v) is 2.86. The first-order valence-electron chi connectivity index (χ1n) is 2.86. The highest BCUT2D eigenvalue weighted by Gasteiger charge is 2.36. The summed E-state index contributed by atoms with van der Waals surface area (Å²) in [5, 5.41) is 3.46. The molecule has 0 N–H and O–H groups in total. The lowest BCUT2D eigenvalue weighted by Crippen LogP contribution is -2.13. The molecule has 0 amide bonds. The molecule has 62 valence electrons. The van der Waals surface area contributed by atoms with Gasteiger partial charge in [-0.15, -0.1) is 0 Å². The van der Waals surface area contributed by atoms with E-state index in [9.17, 15) is 13.2 Å². The number of hydrogen-bond donors (Lipinski definition) is 0. The van der Waals surface area contributed by atoms with Crippen LogP contribution >= 0.6 is 0 Å². The Morgan fingerprint density at radius 1 is 1.36 bits per heavy atom. The Kier molecular flexibility index (Phi) is 1.62. The lowest BCUT2D eigenvalue weighted by Gasteiger charge is -2.02. The van der Waals surface area contributed by atoms with Crippen LogP contribution in [0.15, 0.2) is 0 Å². The zero-order valence-electron chi connectivity index (χ0n) is 5.98. The highest BCUT2D eigenvalue weighted by Crippen LogP contribution is 2.26. The predicted molar refractivity (Wildman–Crippen MR) is 30.7 cm³/mol. The third-order valence-corrected chi connectivity index (χ3v) is 1.12. The molecule has 1 aromatic rings. The standard InChI is InChI=1S/C5H6F3N3/c1-3-9-4(5(6,7)8)11(2)10-3/h1-2H3. The molecule has 1 rings (SSSR count). The van der Waals surface area contributed by atoms with Crippen LogP contribution in [0.4, 0.5) is 13.2 Å². The van der Waals surface area contributed by atoms with Crippen LogP contribution in [0, 0.1) is 6.92 Å². The molecule has 0 saturated heterocycles. The van der Waals surface area contributed by atoms with Crippen LogP contribution in [-0.2, 0) is 13.2 Å². The molecule has 0 fully saturated rings. The summed E-state index contributed by atoms with van der Waals surface area (Å²) in [6, 6.07) is 0. The summed E-state index contributed by atoms with van der Waals surface area (Å²) in [5.41, 5.74) is 0. The van der Waals surface area contributed by atoms with Gasteiger partial charge in [0, 0.05) is 7.05 Å². The monoisotopic (exact) mass is 165 g/mol. The molecule has 0 aliphatic heterocycles. The van der Waals surface area contributed by atoms with Crippen molar-refractivity contribution in [1.82, 2.24) is 14.8 Å². The maximum Gasteiger partial charge on any atom is 0.451 e. The van der Waals surface area contributed by atoms with Crippen LogP contribution in [0.25, 0.3) is 0 Å². The average molecular weight is 165 g/mol. The Hall–Kier alpha value is -1.07. The average Bonchev–Trinajstić information content (AvgIpc) is 2.08. The summed E-state index contributed by atoms with van der Waals surface area (Å²) in [4.78, 5) is 3.21. The molecule has 0 spiro atoms. The van der Waals surface area contributed by atoms with E-state index in [0.717, 1.165) is 4.68 Å². The zero-order chi connectivity index (χ0) is 8.65. The van der Waals surface area contributed by atoms with Gasteiger partial charge in [-0.3, -0.25) is 0 Å².